The largest absolute Gasteiger partial charge is 0.347 e. The minimum atomic E-state index is -3.72. The van der Waals surface area contributed by atoms with Gasteiger partial charge in [0.05, 0.1) is 23.2 Å². The molecular formula is C22H29N3O4S. The Morgan fingerprint density at radius 3 is 2.10 bits per heavy atom. The van der Waals surface area contributed by atoms with Crippen molar-refractivity contribution < 1.29 is 18.0 Å². The molecule has 8 heteroatoms. The molecule has 2 amide bonds. The van der Waals surface area contributed by atoms with Gasteiger partial charge < -0.3 is 10.6 Å². The lowest BCUT2D eigenvalue weighted by atomic mass is 10.1. The van der Waals surface area contributed by atoms with Gasteiger partial charge in [0, 0.05) is 5.54 Å². The molecule has 1 atom stereocenters. The summed E-state index contributed by atoms with van der Waals surface area (Å²) in [6.45, 7) is 8.98. The monoisotopic (exact) mass is 431 g/mol. The molecule has 0 bridgehead atoms. The predicted molar refractivity (Wildman–Crippen MR) is 120 cm³/mol. The Kier molecular flexibility index (Phi) is 6.92. The molecule has 0 saturated heterocycles. The Balaban J connectivity index is 2.32. The van der Waals surface area contributed by atoms with E-state index in [1.54, 1.807) is 48.5 Å². The number of nitrogens with one attached hydrogen (secondary N) is 2. The number of amides is 2. The summed E-state index contributed by atoms with van der Waals surface area (Å²) in [7, 11) is -3.72. The Bertz CT molecular complexity index is 1030. The van der Waals surface area contributed by atoms with Gasteiger partial charge in [-0.15, -0.1) is 0 Å². The van der Waals surface area contributed by atoms with Crippen LogP contribution in [0.15, 0.2) is 48.5 Å². The summed E-state index contributed by atoms with van der Waals surface area (Å²) >= 11 is 0. The molecule has 2 N–H and O–H groups in total. The van der Waals surface area contributed by atoms with Crippen molar-refractivity contribution in [3.63, 3.8) is 0 Å². The van der Waals surface area contributed by atoms with Crippen molar-refractivity contribution in [2.45, 2.75) is 46.2 Å². The van der Waals surface area contributed by atoms with Crippen LogP contribution in [0.4, 0.5) is 11.4 Å². The van der Waals surface area contributed by atoms with Gasteiger partial charge in [0.2, 0.25) is 15.9 Å². The average molecular weight is 432 g/mol. The van der Waals surface area contributed by atoms with Gasteiger partial charge >= 0.3 is 0 Å². The number of carbonyl (C=O) groups excluding carboxylic acids is 2. The Hall–Kier alpha value is -2.87. The number of rotatable bonds is 6. The van der Waals surface area contributed by atoms with E-state index in [0.717, 1.165) is 16.1 Å². The Labute approximate surface area is 178 Å². The van der Waals surface area contributed by atoms with Gasteiger partial charge in [-0.1, -0.05) is 29.8 Å². The molecule has 0 aliphatic heterocycles. The van der Waals surface area contributed by atoms with Crippen molar-refractivity contribution in [1.82, 2.24) is 5.32 Å². The summed E-state index contributed by atoms with van der Waals surface area (Å²) < 4.78 is 25.9. The number of anilines is 2. The molecule has 2 rings (SSSR count). The van der Waals surface area contributed by atoms with Crippen LogP contribution >= 0.6 is 0 Å². The second-order valence-electron chi connectivity index (χ2n) is 8.31. The lowest BCUT2D eigenvalue weighted by Gasteiger charge is -2.28. The Morgan fingerprint density at radius 2 is 1.57 bits per heavy atom. The van der Waals surface area contributed by atoms with E-state index >= 15 is 0 Å². The molecule has 0 saturated carbocycles. The number of hydrogen-bond donors (Lipinski definition) is 2. The molecular weight excluding hydrogens is 402 g/mol. The van der Waals surface area contributed by atoms with E-state index in [1.807, 2.05) is 27.7 Å². The van der Waals surface area contributed by atoms with Crippen molar-refractivity contribution in [2.75, 3.05) is 15.9 Å². The van der Waals surface area contributed by atoms with Gasteiger partial charge in [-0.2, -0.15) is 0 Å². The second-order valence-corrected chi connectivity index (χ2v) is 10.2. The number of nitrogens with zero attached hydrogens (tertiary/aromatic N) is 1. The van der Waals surface area contributed by atoms with E-state index in [1.165, 1.54) is 6.92 Å². The minimum Gasteiger partial charge on any atom is -0.347 e. The standard InChI is InChI=1S/C22H29N3O4S/c1-15-11-13-17(14-12-15)25(30(6,28)29)16(2)20(26)23-19-10-8-7-9-18(19)21(27)24-22(3,4)5/h7-14,16H,1-6H3,(H,23,26)(H,24,27)/t16-/m0/s1. The zero-order valence-electron chi connectivity index (χ0n) is 18.2. The van der Waals surface area contributed by atoms with Crippen molar-refractivity contribution >= 4 is 33.2 Å². The average Bonchev–Trinajstić information content (AvgIpc) is 2.61. The van der Waals surface area contributed by atoms with Crippen LogP contribution in [0.25, 0.3) is 0 Å². The number of para-hydroxylation sites is 1. The van der Waals surface area contributed by atoms with Crippen molar-refractivity contribution in [1.29, 1.82) is 0 Å². The van der Waals surface area contributed by atoms with Gasteiger partial charge in [0.25, 0.3) is 5.91 Å². The second kappa shape index (κ2) is 8.87. The number of hydrogen-bond acceptors (Lipinski definition) is 4. The molecule has 0 aromatic heterocycles. The van der Waals surface area contributed by atoms with Gasteiger partial charge in [-0.3, -0.25) is 13.9 Å². The normalized spacial score (nSPS) is 12.7. The third-order valence-corrected chi connectivity index (χ3v) is 5.54. The minimum absolute atomic E-state index is 0.300. The summed E-state index contributed by atoms with van der Waals surface area (Å²) in [5, 5.41) is 5.56. The van der Waals surface area contributed by atoms with E-state index < -0.39 is 27.5 Å². The summed E-state index contributed by atoms with van der Waals surface area (Å²) in [4.78, 5) is 25.6. The highest BCUT2D eigenvalue weighted by Crippen LogP contribution is 2.23. The van der Waals surface area contributed by atoms with E-state index in [0.29, 0.717) is 16.9 Å². The van der Waals surface area contributed by atoms with E-state index in [-0.39, 0.29) is 5.91 Å². The maximum Gasteiger partial charge on any atom is 0.253 e. The van der Waals surface area contributed by atoms with Crippen molar-refractivity contribution in [3.8, 4) is 0 Å². The topological polar surface area (TPSA) is 95.6 Å². The first-order valence-electron chi connectivity index (χ1n) is 9.58. The van der Waals surface area contributed by atoms with Crippen LogP contribution in [0.1, 0.15) is 43.6 Å². The summed E-state index contributed by atoms with van der Waals surface area (Å²) in [6.07, 6.45) is 1.06. The number of benzene rings is 2. The first-order valence-corrected chi connectivity index (χ1v) is 11.4. The van der Waals surface area contributed by atoms with E-state index in [2.05, 4.69) is 10.6 Å². The molecule has 0 heterocycles. The van der Waals surface area contributed by atoms with Crippen LogP contribution in [-0.4, -0.2) is 38.1 Å². The molecule has 0 spiro atoms. The zero-order chi connectivity index (χ0) is 22.7. The number of aryl methyl sites for hydroxylation is 1. The van der Waals surface area contributed by atoms with Gasteiger partial charge in [-0.25, -0.2) is 8.42 Å². The van der Waals surface area contributed by atoms with Gasteiger partial charge in [-0.05, 0) is 58.9 Å². The van der Waals surface area contributed by atoms with Crippen molar-refractivity contribution in [3.05, 3.63) is 59.7 Å². The third kappa shape index (κ3) is 6.06. The van der Waals surface area contributed by atoms with Gasteiger partial charge in [0.1, 0.15) is 6.04 Å². The van der Waals surface area contributed by atoms with E-state index in [9.17, 15) is 18.0 Å². The highest BCUT2D eigenvalue weighted by molar-refractivity contribution is 7.92. The van der Waals surface area contributed by atoms with Crippen LogP contribution in [0.2, 0.25) is 0 Å². The fraction of sp³-hybridized carbons (Fsp3) is 0.364. The zero-order valence-corrected chi connectivity index (χ0v) is 19.0. The third-order valence-electron chi connectivity index (χ3n) is 4.30. The Morgan fingerprint density at radius 1 is 1.00 bits per heavy atom. The fourth-order valence-corrected chi connectivity index (χ4v) is 4.11. The van der Waals surface area contributed by atoms with Crippen LogP contribution < -0.4 is 14.9 Å². The summed E-state index contributed by atoms with van der Waals surface area (Å²) in [5.74, 6) is -0.874. The predicted octanol–water partition coefficient (Wildman–Crippen LogP) is 3.32. The van der Waals surface area contributed by atoms with Crippen LogP contribution in [0.3, 0.4) is 0 Å². The molecule has 162 valence electrons. The molecule has 2 aromatic carbocycles. The molecule has 30 heavy (non-hydrogen) atoms. The highest BCUT2D eigenvalue weighted by Gasteiger charge is 2.30. The molecule has 0 fully saturated rings. The molecule has 0 unspecified atom stereocenters. The molecule has 0 aliphatic rings. The highest BCUT2D eigenvalue weighted by atomic mass is 32.2. The smallest absolute Gasteiger partial charge is 0.253 e. The number of carbonyl (C=O) groups is 2. The lowest BCUT2D eigenvalue weighted by molar-refractivity contribution is -0.116. The maximum absolute atomic E-state index is 13.0. The first-order chi connectivity index (χ1) is 13.8. The fourth-order valence-electron chi connectivity index (χ4n) is 2.94. The molecule has 0 aliphatic carbocycles. The quantitative estimate of drug-likeness (QED) is 0.733. The van der Waals surface area contributed by atoms with Crippen molar-refractivity contribution in [2.24, 2.45) is 0 Å². The van der Waals surface area contributed by atoms with Crippen LogP contribution in [0, 0.1) is 6.92 Å². The van der Waals surface area contributed by atoms with Gasteiger partial charge in [0.15, 0.2) is 0 Å². The maximum atomic E-state index is 13.0. The first kappa shape index (κ1) is 23.4. The SMILES string of the molecule is Cc1ccc(N([C@@H](C)C(=O)Nc2ccccc2C(=O)NC(C)(C)C)S(C)(=O)=O)cc1. The number of sulfonamides is 1. The van der Waals surface area contributed by atoms with Crippen LogP contribution in [0.5, 0.6) is 0 Å². The lowest BCUT2D eigenvalue weighted by Crippen LogP contribution is -2.45. The van der Waals surface area contributed by atoms with E-state index in [4.69, 9.17) is 0 Å². The molecule has 0 radical (unpaired) electrons. The van der Waals surface area contributed by atoms with Crippen LogP contribution in [-0.2, 0) is 14.8 Å². The molecule has 2 aromatic rings. The summed E-state index contributed by atoms with van der Waals surface area (Å²) in [6, 6.07) is 12.5. The molecule has 7 nitrogen and oxygen atoms in total. The summed E-state index contributed by atoms with van der Waals surface area (Å²) in [5.41, 5.74) is 1.54.